The van der Waals surface area contributed by atoms with E-state index in [1.807, 2.05) is 24.0 Å². The van der Waals surface area contributed by atoms with Gasteiger partial charge < -0.3 is 10.6 Å². The van der Waals surface area contributed by atoms with Gasteiger partial charge in [0.1, 0.15) is 0 Å². The number of carbonyl (C=O) groups excluding carboxylic acids is 1. The topological polar surface area (TPSA) is 46.3 Å². The highest BCUT2D eigenvalue weighted by Gasteiger charge is 2.24. The molecule has 0 saturated heterocycles. The van der Waals surface area contributed by atoms with Gasteiger partial charge in [-0.15, -0.1) is 12.4 Å². The zero-order valence-corrected chi connectivity index (χ0v) is 13.7. The average Bonchev–Trinajstić information content (AvgIpc) is 2.48. The van der Waals surface area contributed by atoms with Gasteiger partial charge in [-0.05, 0) is 56.0 Å². The fourth-order valence-corrected chi connectivity index (χ4v) is 2.95. The van der Waals surface area contributed by atoms with Gasteiger partial charge in [0.05, 0.1) is 0 Å². The summed E-state index contributed by atoms with van der Waals surface area (Å²) in [5.74, 6) is 0.0459. The lowest BCUT2D eigenvalue weighted by Crippen LogP contribution is -2.35. The number of amides is 1. The third-order valence-electron chi connectivity index (χ3n) is 4.09. The number of fused-ring (bicyclic) bond motifs is 1. The van der Waals surface area contributed by atoms with Crippen LogP contribution in [-0.2, 0) is 6.42 Å². The van der Waals surface area contributed by atoms with E-state index < -0.39 is 0 Å². The standard InChI is InChI=1S/C18H20N2O.ClH/c1-12-5-8-17-14(10-12)4-3-9-20(17)18(21)16-11-15(19)7-6-13(16)2;/h5-8,10-11H,3-4,9,19H2,1-2H3;1H. The summed E-state index contributed by atoms with van der Waals surface area (Å²) < 4.78 is 0. The van der Waals surface area contributed by atoms with Crippen molar-refractivity contribution < 1.29 is 4.79 Å². The molecule has 4 heteroatoms. The summed E-state index contributed by atoms with van der Waals surface area (Å²) in [7, 11) is 0. The molecule has 0 unspecified atom stereocenters. The molecule has 2 aromatic carbocycles. The second-order valence-corrected chi connectivity index (χ2v) is 5.77. The number of hydrogen-bond acceptors (Lipinski definition) is 2. The van der Waals surface area contributed by atoms with Gasteiger partial charge in [-0.25, -0.2) is 0 Å². The number of hydrogen-bond donors (Lipinski definition) is 1. The van der Waals surface area contributed by atoms with Crippen molar-refractivity contribution in [2.24, 2.45) is 0 Å². The minimum atomic E-state index is 0. The van der Waals surface area contributed by atoms with Crippen LogP contribution >= 0.6 is 12.4 Å². The lowest BCUT2D eigenvalue weighted by molar-refractivity contribution is 0.0984. The van der Waals surface area contributed by atoms with Gasteiger partial charge in [0.25, 0.3) is 5.91 Å². The number of aryl methyl sites for hydroxylation is 3. The maximum atomic E-state index is 12.9. The van der Waals surface area contributed by atoms with E-state index in [-0.39, 0.29) is 18.3 Å². The Morgan fingerprint density at radius 2 is 1.91 bits per heavy atom. The van der Waals surface area contributed by atoms with Crippen LogP contribution in [0.4, 0.5) is 11.4 Å². The number of rotatable bonds is 1. The van der Waals surface area contributed by atoms with Crippen LogP contribution in [0.5, 0.6) is 0 Å². The van der Waals surface area contributed by atoms with Gasteiger partial charge in [0.15, 0.2) is 0 Å². The summed E-state index contributed by atoms with van der Waals surface area (Å²) in [4.78, 5) is 14.8. The highest BCUT2D eigenvalue weighted by atomic mass is 35.5. The third-order valence-corrected chi connectivity index (χ3v) is 4.09. The van der Waals surface area contributed by atoms with Gasteiger partial charge in [-0.2, -0.15) is 0 Å². The average molecular weight is 317 g/mol. The smallest absolute Gasteiger partial charge is 0.258 e. The first kappa shape index (κ1) is 16.4. The van der Waals surface area contributed by atoms with Gasteiger partial charge in [-0.3, -0.25) is 4.79 Å². The Labute approximate surface area is 137 Å². The number of anilines is 2. The Morgan fingerprint density at radius 1 is 1.14 bits per heavy atom. The first-order chi connectivity index (χ1) is 10.1. The predicted molar refractivity (Wildman–Crippen MR) is 94.0 cm³/mol. The second-order valence-electron chi connectivity index (χ2n) is 5.77. The molecule has 2 N–H and O–H groups in total. The van der Waals surface area contributed by atoms with Crippen molar-refractivity contribution in [3.63, 3.8) is 0 Å². The third kappa shape index (κ3) is 2.95. The minimum Gasteiger partial charge on any atom is -0.399 e. The van der Waals surface area contributed by atoms with Crippen LogP contribution in [0.1, 0.15) is 33.5 Å². The van der Waals surface area contributed by atoms with Gasteiger partial charge in [0, 0.05) is 23.5 Å². The molecule has 0 aliphatic carbocycles. The molecule has 1 heterocycles. The second kappa shape index (κ2) is 6.41. The number of nitrogen functional groups attached to an aromatic ring is 1. The van der Waals surface area contributed by atoms with Crippen molar-refractivity contribution in [3.8, 4) is 0 Å². The molecular weight excluding hydrogens is 296 g/mol. The van der Waals surface area contributed by atoms with E-state index in [9.17, 15) is 4.79 Å². The molecule has 3 nitrogen and oxygen atoms in total. The minimum absolute atomic E-state index is 0. The largest absolute Gasteiger partial charge is 0.399 e. The first-order valence-corrected chi connectivity index (χ1v) is 7.34. The Hall–Kier alpha value is -2.00. The zero-order valence-electron chi connectivity index (χ0n) is 12.9. The Morgan fingerprint density at radius 3 is 2.68 bits per heavy atom. The predicted octanol–water partition coefficient (Wildman–Crippen LogP) is 3.90. The Kier molecular flexibility index (Phi) is 4.77. The SMILES string of the molecule is Cc1ccc2c(c1)CCCN2C(=O)c1cc(N)ccc1C.Cl. The van der Waals surface area contributed by atoms with E-state index in [1.54, 1.807) is 6.07 Å². The first-order valence-electron chi connectivity index (χ1n) is 7.34. The fraction of sp³-hybridized carbons (Fsp3) is 0.278. The van der Waals surface area contributed by atoms with E-state index in [1.165, 1.54) is 11.1 Å². The van der Waals surface area contributed by atoms with Crippen molar-refractivity contribution in [1.29, 1.82) is 0 Å². The highest BCUT2D eigenvalue weighted by molar-refractivity contribution is 6.08. The molecule has 0 radical (unpaired) electrons. The molecule has 1 aliphatic rings. The van der Waals surface area contributed by atoms with Crippen molar-refractivity contribution in [1.82, 2.24) is 0 Å². The molecule has 0 spiro atoms. The molecule has 0 bridgehead atoms. The van der Waals surface area contributed by atoms with E-state index in [4.69, 9.17) is 5.73 Å². The number of halogens is 1. The van der Waals surface area contributed by atoms with Crippen LogP contribution < -0.4 is 10.6 Å². The van der Waals surface area contributed by atoms with E-state index in [2.05, 4.69) is 25.1 Å². The number of benzene rings is 2. The van der Waals surface area contributed by atoms with E-state index >= 15 is 0 Å². The van der Waals surface area contributed by atoms with Crippen LogP contribution in [0.2, 0.25) is 0 Å². The zero-order chi connectivity index (χ0) is 15.0. The molecule has 0 atom stereocenters. The van der Waals surface area contributed by atoms with Crippen LogP contribution in [-0.4, -0.2) is 12.5 Å². The van der Waals surface area contributed by atoms with Crippen molar-refractivity contribution in [2.45, 2.75) is 26.7 Å². The number of nitrogens with two attached hydrogens (primary N) is 1. The molecule has 2 aromatic rings. The summed E-state index contributed by atoms with van der Waals surface area (Å²) in [6, 6.07) is 11.8. The van der Waals surface area contributed by atoms with Gasteiger partial charge in [0.2, 0.25) is 0 Å². The fourth-order valence-electron chi connectivity index (χ4n) is 2.95. The lowest BCUT2D eigenvalue weighted by Gasteiger charge is -2.30. The summed E-state index contributed by atoms with van der Waals surface area (Å²) >= 11 is 0. The number of nitrogens with zero attached hydrogens (tertiary/aromatic N) is 1. The molecule has 0 fully saturated rings. The molecule has 1 amide bonds. The molecule has 0 aromatic heterocycles. The Bertz CT molecular complexity index is 712. The maximum Gasteiger partial charge on any atom is 0.258 e. The molecule has 22 heavy (non-hydrogen) atoms. The molecule has 0 saturated carbocycles. The number of carbonyl (C=O) groups is 1. The van der Waals surface area contributed by atoms with E-state index in [0.29, 0.717) is 11.3 Å². The molecular formula is C18H21ClN2O. The van der Waals surface area contributed by atoms with Crippen molar-refractivity contribution >= 4 is 29.7 Å². The summed E-state index contributed by atoms with van der Waals surface area (Å²) in [6.07, 6.45) is 2.04. The molecule has 1 aliphatic heterocycles. The Balaban J connectivity index is 0.00000176. The lowest BCUT2D eigenvalue weighted by atomic mass is 9.98. The van der Waals surface area contributed by atoms with Crippen LogP contribution in [0.25, 0.3) is 0 Å². The van der Waals surface area contributed by atoms with Crippen LogP contribution in [0.15, 0.2) is 36.4 Å². The van der Waals surface area contributed by atoms with Crippen LogP contribution in [0.3, 0.4) is 0 Å². The van der Waals surface area contributed by atoms with Gasteiger partial charge in [-0.1, -0.05) is 23.8 Å². The highest BCUT2D eigenvalue weighted by Crippen LogP contribution is 2.30. The molecule has 3 rings (SSSR count). The van der Waals surface area contributed by atoms with Crippen molar-refractivity contribution in [3.05, 3.63) is 58.7 Å². The quantitative estimate of drug-likeness (QED) is 0.811. The maximum absolute atomic E-state index is 12.9. The molecule has 116 valence electrons. The van der Waals surface area contributed by atoms with Crippen molar-refractivity contribution in [2.75, 3.05) is 17.2 Å². The van der Waals surface area contributed by atoms with Crippen LogP contribution in [0, 0.1) is 13.8 Å². The summed E-state index contributed by atoms with van der Waals surface area (Å²) in [5.41, 5.74) is 11.7. The normalized spacial score (nSPS) is 13.3. The van der Waals surface area contributed by atoms with Gasteiger partial charge >= 0.3 is 0 Å². The summed E-state index contributed by atoms with van der Waals surface area (Å²) in [6.45, 7) is 4.80. The summed E-state index contributed by atoms with van der Waals surface area (Å²) in [5, 5.41) is 0. The monoisotopic (exact) mass is 316 g/mol. The van der Waals surface area contributed by atoms with E-state index in [0.717, 1.165) is 30.6 Å².